The van der Waals surface area contributed by atoms with Gasteiger partial charge in [0.2, 0.25) is 0 Å². The lowest BCUT2D eigenvalue weighted by Gasteiger charge is -2.27. The van der Waals surface area contributed by atoms with Crippen molar-refractivity contribution in [3.63, 3.8) is 0 Å². The van der Waals surface area contributed by atoms with Gasteiger partial charge >= 0.3 is 24.3 Å². The Balaban J connectivity index is 1.43. The van der Waals surface area contributed by atoms with Crippen LogP contribution < -0.4 is 24.3 Å². The highest BCUT2D eigenvalue weighted by Gasteiger charge is 2.28. The molecule has 1 aliphatic carbocycles. The highest BCUT2D eigenvalue weighted by Crippen LogP contribution is 2.38. The number of rotatable bonds is 15. The number of alkyl halides is 2. The third-order valence-electron chi connectivity index (χ3n) is 7.55. The highest BCUT2D eigenvalue weighted by atomic mass is 35.5. The van der Waals surface area contributed by atoms with Crippen molar-refractivity contribution in [3.05, 3.63) is 85.7 Å². The normalized spacial score (nSPS) is 14.2. The molecule has 1 fully saturated rings. The van der Waals surface area contributed by atoms with Crippen molar-refractivity contribution in [2.45, 2.75) is 64.9 Å². The average molecular weight is 788 g/mol. The molecule has 4 aromatic rings. The maximum Gasteiger partial charge on any atom is 0.420 e. The van der Waals surface area contributed by atoms with Gasteiger partial charge in [-0.3, -0.25) is 22.7 Å². The lowest BCUT2D eigenvalue weighted by molar-refractivity contribution is -0.605. The SMILES string of the molecule is CC(C)(C)OC(=O)CN(c1ccc2c(c1)oc(=O)n2CC(=O)O[C@@H](Cc1c(Cl)c[n+]([O-])cc1Cl)c1ccc(OC(F)F)c(OCC2CC2)c1)S(=O)[O-]. The quantitative estimate of drug-likeness (QED) is 0.0653. The molecule has 0 N–H and O–H groups in total. The summed E-state index contributed by atoms with van der Waals surface area (Å²) in [6, 6.07) is 7.81. The van der Waals surface area contributed by atoms with E-state index in [1.807, 2.05) is 0 Å². The molecule has 19 heteroatoms. The molecule has 0 radical (unpaired) electrons. The van der Waals surface area contributed by atoms with Crippen molar-refractivity contribution in [1.82, 2.24) is 4.57 Å². The number of hydrogen-bond acceptors (Lipinski definition) is 11. The van der Waals surface area contributed by atoms with Gasteiger partial charge in [-0.2, -0.15) is 13.5 Å². The Bertz CT molecular complexity index is 2030. The van der Waals surface area contributed by atoms with E-state index in [4.69, 9.17) is 41.8 Å². The number of ether oxygens (including phenoxy) is 4. The molecular weight excluding hydrogens is 755 g/mol. The fourth-order valence-corrected chi connectivity index (χ4v) is 6.16. The molecule has 2 aromatic carbocycles. The number of fused-ring (bicyclic) bond motifs is 1. The number of carbonyl (C=O) groups excluding carboxylic acids is 2. The Morgan fingerprint density at radius 2 is 1.79 bits per heavy atom. The zero-order chi connectivity index (χ0) is 37.9. The lowest BCUT2D eigenvalue weighted by Crippen LogP contribution is -2.36. The summed E-state index contributed by atoms with van der Waals surface area (Å²) in [6.45, 7) is 0.621. The number of pyridine rings is 1. The lowest BCUT2D eigenvalue weighted by atomic mass is 10.0. The summed E-state index contributed by atoms with van der Waals surface area (Å²) in [7, 11) is 0. The molecule has 0 amide bonds. The number of anilines is 1. The number of esters is 2. The largest absolute Gasteiger partial charge is 0.755 e. The summed E-state index contributed by atoms with van der Waals surface area (Å²) in [4.78, 5) is 38.7. The van der Waals surface area contributed by atoms with Crippen LogP contribution in [-0.4, -0.2) is 50.6 Å². The van der Waals surface area contributed by atoms with Crippen LogP contribution in [0.1, 0.15) is 50.8 Å². The Morgan fingerprint density at radius 3 is 2.40 bits per heavy atom. The fraction of sp³-hybridized carbons (Fsp3) is 0.394. The summed E-state index contributed by atoms with van der Waals surface area (Å²) in [5.41, 5.74) is -0.415. The Kier molecular flexibility index (Phi) is 12.0. The number of oxazole rings is 1. The van der Waals surface area contributed by atoms with Crippen LogP contribution in [0.5, 0.6) is 11.5 Å². The van der Waals surface area contributed by atoms with Crippen molar-refractivity contribution in [2.24, 2.45) is 5.92 Å². The number of aromatic nitrogens is 2. The predicted octanol–water partition coefficient (Wildman–Crippen LogP) is 5.39. The Hall–Kier alpha value is -4.45. The molecule has 2 heterocycles. The molecule has 14 nitrogen and oxygen atoms in total. The van der Waals surface area contributed by atoms with E-state index in [1.165, 1.54) is 36.4 Å². The second kappa shape index (κ2) is 16.1. The monoisotopic (exact) mass is 786 g/mol. The standard InChI is InChI=1S/C33H33Cl2F2N3O11S/c1-33(2,3)51-30(42)16-40(52(45)46)20-7-8-24-27(11-20)50-32(43)39(24)15-29(41)48-26(12-21-22(34)13-38(44)14-23(21)35)19-6-9-25(49-31(36)37)28(10-19)47-17-18-4-5-18/h6-11,13-14,18,26,31H,4-5,12,15-17H2,1-3H3,(H,45,46)/p-1/t26-/m0/s1. The van der Waals surface area contributed by atoms with Crippen LogP contribution in [0, 0.1) is 11.1 Å². The van der Waals surface area contributed by atoms with E-state index in [0.717, 1.165) is 29.8 Å². The first-order chi connectivity index (χ1) is 24.5. The average Bonchev–Trinajstić information content (AvgIpc) is 3.81. The molecular formula is C33H32Cl2F2N3O11S-. The van der Waals surface area contributed by atoms with Crippen molar-refractivity contribution >= 4 is 63.2 Å². The molecule has 0 saturated heterocycles. The van der Waals surface area contributed by atoms with Gasteiger partial charge in [-0.25, -0.2) is 4.79 Å². The van der Waals surface area contributed by atoms with E-state index < -0.39 is 60.4 Å². The maximum absolute atomic E-state index is 13.5. The Morgan fingerprint density at radius 1 is 1.10 bits per heavy atom. The number of nitrogens with zero attached hydrogens (tertiary/aromatic N) is 3. The molecule has 0 spiro atoms. The third kappa shape index (κ3) is 10.1. The first kappa shape index (κ1) is 38.8. The number of hydrogen-bond donors (Lipinski definition) is 0. The van der Waals surface area contributed by atoms with Gasteiger partial charge in [0.15, 0.2) is 29.5 Å². The summed E-state index contributed by atoms with van der Waals surface area (Å²) >= 11 is 9.72. The van der Waals surface area contributed by atoms with Gasteiger partial charge in [0.05, 0.1) is 17.8 Å². The van der Waals surface area contributed by atoms with Gasteiger partial charge in [0, 0.05) is 29.3 Å². The first-order valence-electron chi connectivity index (χ1n) is 15.7. The first-order valence-corrected chi connectivity index (χ1v) is 17.5. The Labute approximate surface area is 307 Å². The van der Waals surface area contributed by atoms with Crippen LogP contribution in [0.15, 0.2) is 58.0 Å². The summed E-state index contributed by atoms with van der Waals surface area (Å²) < 4.78 is 79.1. The van der Waals surface area contributed by atoms with E-state index in [0.29, 0.717) is 9.04 Å². The molecule has 0 aliphatic heterocycles. The molecule has 52 heavy (non-hydrogen) atoms. The number of benzene rings is 2. The van der Waals surface area contributed by atoms with E-state index in [-0.39, 0.29) is 68.4 Å². The van der Waals surface area contributed by atoms with E-state index >= 15 is 0 Å². The van der Waals surface area contributed by atoms with Gasteiger partial charge in [0.1, 0.15) is 34.8 Å². The molecule has 1 unspecified atom stereocenters. The van der Waals surface area contributed by atoms with Crippen molar-refractivity contribution in [3.8, 4) is 11.5 Å². The molecule has 2 atom stereocenters. The van der Waals surface area contributed by atoms with Crippen molar-refractivity contribution in [2.75, 3.05) is 17.5 Å². The smallest absolute Gasteiger partial charge is 0.420 e. The van der Waals surface area contributed by atoms with Gasteiger partial charge < -0.3 is 33.1 Å². The van der Waals surface area contributed by atoms with Crippen LogP contribution in [0.4, 0.5) is 14.5 Å². The summed E-state index contributed by atoms with van der Waals surface area (Å²) in [5.74, 6) is -2.78. The molecule has 2 aromatic heterocycles. The maximum atomic E-state index is 13.5. The zero-order valence-corrected chi connectivity index (χ0v) is 30.2. The highest BCUT2D eigenvalue weighted by molar-refractivity contribution is 7.80. The van der Waals surface area contributed by atoms with Gasteiger partial charge in [-0.15, -0.1) is 0 Å². The summed E-state index contributed by atoms with van der Waals surface area (Å²) in [6.07, 6.45) is 2.54. The minimum absolute atomic E-state index is 0.0229. The summed E-state index contributed by atoms with van der Waals surface area (Å²) in [5, 5.41) is 11.8. The van der Waals surface area contributed by atoms with Crippen LogP contribution in [-0.2, 0) is 43.3 Å². The molecule has 1 aliphatic rings. The number of halogens is 4. The molecule has 1 saturated carbocycles. The zero-order valence-electron chi connectivity index (χ0n) is 27.8. The minimum atomic E-state index is -3.14. The van der Waals surface area contributed by atoms with Crippen LogP contribution >= 0.6 is 23.2 Å². The molecule has 280 valence electrons. The van der Waals surface area contributed by atoms with Gasteiger partial charge in [-0.05, 0) is 69.4 Å². The minimum Gasteiger partial charge on any atom is -0.755 e. The second-order valence-corrected chi connectivity index (χ2v) is 14.4. The van der Waals surface area contributed by atoms with Gasteiger partial charge in [-0.1, -0.05) is 29.3 Å². The predicted molar refractivity (Wildman–Crippen MR) is 182 cm³/mol. The van der Waals surface area contributed by atoms with Crippen molar-refractivity contribution < 1.29 is 55.2 Å². The van der Waals surface area contributed by atoms with Crippen LogP contribution in [0.25, 0.3) is 11.1 Å². The van der Waals surface area contributed by atoms with Crippen LogP contribution in [0.3, 0.4) is 0 Å². The van der Waals surface area contributed by atoms with Crippen LogP contribution in [0.2, 0.25) is 10.0 Å². The topological polar surface area (TPSA) is 177 Å². The van der Waals surface area contributed by atoms with E-state index in [1.54, 1.807) is 20.8 Å². The second-order valence-electron chi connectivity index (χ2n) is 12.8. The van der Waals surface area contributed by atoms with E-state index in [2.05, 4.69) is 4.74 Å². The van der Waals surface area contributed by atoms with Gasteiger partial charge in [0.25, 0.3) is 0 Å². The fourth-order valence-electron chi connectivity index (χ4n) is 5.07. The third-order valence-corrected chi connectivity index (χ3v) is 8.90. The number of carbonyl (C=O) groups is 2. The van der Waals surface area contributed by atoms with E-state index in [9.17, 15) is 37.1 Å². The molecule has 5 rings (SSSR count). The molecule has 0 bridgehead atoms. The van der Waals surface area contributed by atoms with Crippen molar-refractivity contribution in [1.29, 1.82) is 0 Å².